The predicted molar refractivity (Wildman–Crippen MR) is 84.8 cm³/mol. The Hall–Kier alpha value is -1.05. The summed E-state index contributed by atoms with van der Waals surface area (Å²) in [5.74, 6) is 1.36. The van der Waals surface area contributed by atoms with E-state index in [-0.39, 0.29) is 17.4 Å². The van der Waals surface area contributed by atoms with Crippen molar-refractivity contribution in [1.29, 1.82) is 0 Å². The van der Waals surface area contributed by atoms with Gasteiger partial charge in [-0.2, -0.15) is 4.98 Å². The molecule has 1 saturated heterocycles. The molecular formula is C14H23N3O3S. The lowest BCUT2D eigenvalue weighted by molar-refractivity contribution is -0.0226. The van der Waals surface area contributed by atoms with Gasteiger partial charge in [0.15, 0.2) is 0 Å². The Kier molecular flexibility index (Phi) is 6.53. The summed E-state index contributed by atoms with van der Waals surface area (Å²) in [4.78, 5) is 16.1. The molecule has 7 heteroatoms. The van der Waals surface area contributed by atoms with Gasteiger partial charge in [0.2, 0.25) is 0 Å². The topological polar surface area (TPSA) is 65.4 Å². The van der Waals surface area contributed by atoms with Crippen LogP contribution >= 0.6 is 11.8 Å². The number of ether oxygens (including phenoxy) is 2. The van der Waals surface area contributed by atoms with Gasteiger partial charge in [-0.3, -0.25) is 4.57 Å². The first-order valence-corrected chi connectivity index (χ1v) is 8.47. The molecule has 118 valence electrons. The molecule has 0 aliphatic carbocycles. The van der Waals surface area contributed by atoms with Crippen molar-refractivity contribution in [2.24, 2.45) is 0 Å². The van der Waals surface area contributed by atoms with Gasteiger partial charge in [-0.05, 0) is 19.4 Å². The highest BCUT2D eigenvalue weighted by atomic mass is 32.2. The molecule has 2 rings (SSSR count). The van der Waals surface area contributed by atoms with Gasteiger partial charge in [0.1, 0.15) is 17.5 Å². The molecule has 1 aromatic heterocycles. The lowest BCUT2D eigenvalue weighted by Gasteiger charge is -2.15. The van der Waals surface area contributed by atoms with Crippen LogP contribution in [0.2, 0.25) is 0 Å². The Morgan fingerprint density at radius 2 is 2.43 bits per heavy atom. The van der Waals surface area contributed by atoms with Crippen molar-refractivity contribution in [3.05, 3.63) is 22.7 Å². The normalized spacial score (nSPS) is 21.6. The van der Waals surface area contributed by atoms with E-state index in [1.54, 1.807) is 22.5 Å². The molecule has 0 saturated carbocycles. The minimum atomic E-state index is -0.279. The maximum atomic E-state index is 12.1. The Labute approximate surface area is 129 Å². The molecule has 6 nitrogen and oxygen atoms in total. The second kappa shape index (κ2) is 8.41. The van der Waals surface area contributed by atoms with E-state index in [2.05, 4.69) is 17.2 Å². The van der Waals surface area contributed by atoms with E-state index < -0.39 is 0 Å². The van der Waals surface area contributed by atoms with E-state index in [9.17, 15) is 4.79 Å². The van der Waals surface area contributed by atoms with Crippen molar-refractivity contribution in [1.82, 2.24) is 9.55 Å². The summed E-state index contributed by atoms with van der Waals surface area (Å²) in [6.45, 7) is 6.14. The third-order valence-corrected chi connectivity index (χ3v) is 4.26. The standard InChI is InChI=1S/C14H23N3O3S/c1-3-5-7-15-11-6-8-17(14(18)16-11)12-10-21-13(20-12)9-19-4-2/h6,8,12-13H,3-5,7,9-10H2,1-2H3,(H,15,16,18)/t12-,13?/m0/s1. The average molecular weight is 313 g/mol. The smallest absolute Gasteiger partial charge is 0.351 e. The monoisotopic (exact) mass is 313 g/mol. The van der Waals surface area contributed by atoms with Crippen LogP contribution in [0.5, 0.6) is 0 Å². The highest BCUT2D eigenvalue weighted by Crippen LogP contribution is 2.30. The Morgan fingerprint density at radius 3 is 3.14 bits per heavy atom. The minimum absolute atomic E-state index is 0.00999. The van der Waals surface area contributed by atoms with Crippen LogP contribution < -0.4 is 11.0 Å². The number of thioether (sulfide) groups is 1. The molecule has 21 heavy (non-hydrogen) atoms. The zero-order chi connectivity index (χ0) is 15.1. The van der Waals surface area contributed by atoms with E-state index in [1.807, 2.05) is 13.0 Å². The molecule has 1 aromatic rings. The number of unbranched alkanes of at least 4 members (excludes halogenated alkanes) is 1. The van der Waals surface area contributed by atoms with Crippen LogP contribution in [-0.4, -0.2) is 40.5 Å². The van der Waals surface area contributed by atoms with Gasteiger partial charge in [0, 0.05) is 25.1 Å². The van der Waals surface area contributed by atoms with Crippen LogP contribution in [0.4, 0.5) is 5.82 Å². The van der Waals surface area contributed by atoms with Crippen LogP contribution in [-0.2, 0) is 9.47 Å². The second-order valence-electron chi connectivity index (χ2n) is 4.80. The maximum Gasteiger partial charge on any atom is 0.351 e. The molecule has 0 bridgehead atoms. The van der Waals surface area contributed by atoms with Crippen molar-refractivity contribution in [2.75, 3.05) is 30.8 Å². The van der Waals surface area contributed by atoms with Crippen LogP contribution in [0.15, 0.2) is 17.1 Å². The lowest BCUT2D eigenvalue weighted by Crippen LogP contribution is -2.29. The van der Waals surface area contributed by atoms with E-state index in [0.717, 1.165) is 25.1 Å². The fourth-order valence-electron chi connectivity index (χ4n) is 2.01. The lowest BCUT2D eigenvalue weighted by atomic mass is 10.3. The van der Waals surface area contributed by atoms with Gasteiger partial charge < -0.3 is 14.8 Å². The fourth-order valence-corrected chi connectivity index (χ4v) is 3.03. The first-order valence-electron chi connectivity index (χ1n) is 7.42. The molecule has 0 aromatic carbocycles. The minimum Gasteiger partial charge on any atom is -0.378 e. The maximum absolute atomic E-state index is 12.1. The Balaban J connectivity index is 1.93. The van der Waals surface area contributed by atoms with Gasteiger partial charge in [-0.25, -0.2) is 4.79 Å². The summed E-state index contributed by atoms with van der Waals surface area (Å²) in [5, 5.41) is 3.15. The van der Waals surface area contributed by atoms with Crippen molar-refractivity contribution in [3.63, 3.8) is 0 Å². The largest absolute Gasteiger partial charge is 0.378 e. The highest BCUT2D eigenvalue weighted by molar-refractivity contribution is 8.00. The van der Waals surface area contributed by atoms with E-state index in [4.69, 9.17) is 9.47 Å². The molecule has 0 amide bonds. The summed E-state index contributed by atoms with van der Waals surface area (Å²) in [5.41, 5.74) is -0.289. The SMILES string of the molecule is CCCCNc1ccn([C@@H]2CSC(COCC)O2)c(=O)n1. The highest BCUT2D eigenvalue weighted by Gasteiger charge is 2.28. The number of anilines is 1. The number of rotatable bonds is 8. The average Bonchev–Trinajstić information content (AvgIpc) is 2.94. The van der Waals surface area contributed by atoms with Gasteiger partial charge in [0.25, 0.3) is 0 Å². The van der Waals surface area contributed by atoms with Gasteiger partial charge in [0.05, 0.1) is 6.61 Å². The summed E-state index contributed by atoms with van der Waals surface area (Å²) in [7, 11) is 0. The first kappa shape index (κ1) is 16.3. The molecule has 1 aliphatic rings. The van der Waals surface area contributed by atoms with Crippen molar-refractivity contribution < 1.29 is 9.47 Å². The summed E-state index contributed by atoms with van der Waals surface area (Å²) in [6, 6.07) is 1.82. The quantitative estimate of drug-likeness (QED) is 0.741. The van der Waals surface area contributed by atoms with Crippen molar-refractivity contribution in [2.45, 2.75) is 38.4 Å². The second-order valence-corrected chi connectivity index (χ2v) is 5.99. The van der Waals surface area contributed by atoms with Crippen LogP contribution in [0, 0.1) is 0 Å². The van der Waals surface area contributed by atoms with Gasteiger partial charge in [-0.15, -0.1) is 11.8 Å². The molecule has 0 spiro atoms. The molecule has 1 fully saturated rings. The Morgan fingerprint density at radius 1 is 1.57 bits per heavy atom. The zero-order valence-corrected chi connectivity index (χ0v) is 13.4. The van der Waals surface area contributed by atoms with Gasteiger partial charge in [-0.1, -0.05) is 13.3 Å². The summed E-state index contributed by atoms with van der Waals surface area (Å²) in [6.07, 6.45) is 3.66. The first-order chi connectivity index (χ1) is 10.2. The molecule has 0 radical (unpaired) electrons. The van der Waals surface area contributed by atoms with E-state index >= 15 is 0 Å². The Bertz CT molecular complexity index is 495. The number of hydrogen-bond acceptors (Lipinski definition) is 6. The third-order valence-electron chi connectivity index (χ3n) is 3.17. The molecular weight excluding hydrogens is 290 g/mol. The van der Waals surface area contributed by atoms with E-state index in [0.29, 0.717) is 19.0 Å². The molecule has 2 heterocycles. The van der Waals surface area contributed by atoms with Crippen LogP contribution in [0.1, 0.15) is 32.9 Å². The zero-order valence-electron chi connectivity index (χ0n) is 12.6. The summed E-state index contributed by atoms with van der Waals surface area (Å²) >= 11 is 1.66. The number of aromatic nitrogens is 2. The fraction of sp³-hybridized carbons (Fsp3) is 0.714. The predicted octanol–water partition coefficient (Wildman–Crippen LogP) is 2.08. The molecule has 1 N–H and O–H groups in total. The molecule has 2 atom stereocenters. The molecule has 1 unspecified atom stereocenters. The van der Waals surface area contributed by atoms with Crippen molar-refractivity contribution >= 4 is 17.6 Å². The van der Waals surface area contributed by atoms with Crippen LogP contribution in [0.3, 0.4) is 0 Å². The third kappa shape index (κ3) is 4.72. The molecule has 1 aliphatic heterocycles. The van der Waals surface area contributed by atoms with Gasteiger partial charge >= 0.3 is 5.69 Å². The number of nitrogens with zero attached hydrogens (tertiary/aromatic N) is 2. The van der Waals surface area contributed by atoms with Crippen molar-refractivity contribution in [3.8, 4) is 0 Å². The number of nitrogens with one attached hydrogen (secondary N) is 1. The van der Waals surface area contributed by atoms with E-state index in [1.165, 1.54) is 0 Å². The summed E-state index contributed by atoms with van der Waals surface area (Å²) < 4.78 is 12.7. The number of hydrogen-bond donors (Lipinski definition) is 1. The van der Waals surface area contributed by atoms with Crippen LogP contribution in [0.25, 0.3) is 0 Å².